The van der Waals surface area contributed by atoms with Gasteiger partial charge in [0.05, 0.1) is 11.5 Å². The van der Waals surface area contributed by atoms with E-state index in [4.69, 9.17) is 0 Å². The first-order valence-corrected chi connectivity index (χ1v) is 12.5. The Morgan fingerprint density at radius 2 is 1.83 bits per heavy atom. The van der Waals surface area contributed by atoms with Crippen molar-refractivity contribution in [3.63, 3.8) is 0 Å². The number of nitrogens with zero attached hydrogens (tertiary/aromatic N) is 1. The second-order valence-corrected chi connectivity index (χ2v) is 9.72. The maximum absolute atomic E-state index is 11.6. The number of carbonyl (C=O) groups is 1. The van der Waals surface area contributed by atoms with E-state index >= 15 is 0 Å². The third-order valence-electron chi connectivity index (χ3n) is 7.46. The number of carboxylic acid groups (broad SMARTS) is 1. The van der Waals surface area contributed by atoms with Crippen LogP contribution in [-0.2, 0) is 16.6 Å². The second-order valence-electron chi connectivity index (χ2n) is 9.72. The molecule has 1 saturated carbocycles. The predicted molar refractivity (Wildman–Crippen MR) is 138 cm³/mol. The number of aliphatic hydroxyl groups excluding tert-OH is 1. The molecule has 5 rings (SSSR count). The number of aromatic nitrogens is 1. The molecule has 4 heteroatoms. The zero-order valence-electron chi connectivity index (χ0n) is 19.8. The minimum atomic E-state index is -0.722. The van der Waals surface area contributed by atoms with Gasteiger partial charge in [-0.25, -0.2) is 0 Å². The van der Waals surface area contributed by atoms with Crippen LogP contribution in [0.2, 0.25) is 0 Å². The first-order chi connectivity index (χ1) is 17.1. The summed E-state index contributed by atoms with van der Waals surface area (Å²) in [5.74, 6) is -0.526. The monoisotopic (exact) mass is 465 g/mol. The summed E-state index contributed by atoms with van der Waals surface area (Å²) in [5, 5.41) is 20.5. The smallest absolute Gasteiger partial charge is 0.314 e. The van der Waals surface area contributed by atoms with Crippen molar-refractivity contribution in [1.29, 1.82) is 0 Å². The molecule has 1 fully saturated rings. The Morgan fingerprint density at radius 1 is 1.06 bits per heavy atom. The third kappa shape index (κ3) is 4.98. The van der Waals surface area contributed by atoms with Gasteiger partial charge in [0, 0.05) is 23.9 Å². The van der Waals surface area contributed by atoms with Crippen LogP contribution in [0, 0.1) is 0 Å². The number of benzene rings is 2. The normalized spacial score (nSPS) is 19.1. The van der Waals surface area contributed by atoms with Crippen molar-refractivity contribution in [1.82, 2.24) is 4.98 Å². The average molecular weight is 466 g/mol. The van der Waals surface area contributed by atoms with Gasteiger partial charge in [0.25, 0.3) is 0 Å². The molecule has 0 saturated heterocycles. The van der Waals surface area contributed by atoms with Crippen molar-refractivity contribution in [2.75, 3.05) is 0 Å². The van der Waals surface area contributed by atoms with E-state index in [9.17, 15) is 15.0 Å². The number of pyridine rings is 1. The minimum Gasteiger partial charge on any atom is -0.481 e. The lowest BCUT2D eigenvalue weighted by Gasteiger charge is -2.22. The van der Waals surface area contributed by atoms with Crippen molar-refractivity contribution in [2.45, 2.75) is 56.0 Å². The van der Waals surface area contributed by atoms with Gasteiger partial charge in [-0.2, -0.15) is 0 Å². The highest BCUT2D eigenvalue weighted by atomic mass is 16.4. The standard InChI is InChI=1S/C31H31NO3/c33-29(8-4-7-22-5-2-1-3-6-22)28-21-32-20-17-27(28)25-11-9-23(10-12-25)24-13-15-26(16-14-24)31(18-19-31)30(34)35/h1-3,5-6,9-11,13-17,20-21,25,29,33H,4,7-8,12,18-19H2,(H,34,35). The van der Waals surface area contributed by atoms with Gasteiger partial charge in [-0.3, -0.25) is 9.78 Å². The third-order valence-corrected chi connectivity index (χ3v) is 7.46. The molecule has 2 aromatic carbocycles. The Labute approximate surface area is 206 Å². The van der Waals surface area contributed by atoms with E-state index in [1.807, 2.05) is 42.6 Å². The van der Waals surface area contributed by atoms with Gasteiger partial charge < -0.3 is 10.2 Å². The molecule has 2 aliphatic rings. The molecule has 1 aromatic heterocycles. The maximum atomic E-state index is 11.6. The van der Waals surface area contributed by atoms with Crippen molar-refractivity contribution in [2.24, 2.45) is 0 Å². The summed E-state index contributed by atoms with van der Waals surface area (Å²) >= 11 is 0. The van der Waals surface area contributed by atoms with E-state index in [2.05, 4.69) is 47.5 Å². The van der Waals surface area contributed by atoms with Crippen molar-refractivity contribution in [3.05, 3.63) is 119 Å². The number of aliphatic carboxylic acids is 1. The van der Waals surface area contributed by atoms with Crippen LogP contribution >= 0.6 is 0 Å². The highest BCUT2D eigenvalue weighted by Crippen LogP contribution is 2.48. The van der Waals surface area contributed by atoms with Crippen molar-refractivity contribution >= 4 is 11.5 Å². The predicted octanol–water partition coefficient (Wildman–Crippen LogP) is 6.38. The van der Waals surface area contributed by atoms with Crippen LogP contribution in [-0.4, -0.2) is 21.2 Å². The van der Waals surface area contributed by atoms with Gasteiger partial charge in [-0.05, 0) is 72.4 Å². The molecule has 0 amide bonds. The van der Waals surface area contributed by atoms with Crippen LogP contribution in [0.25, 0.3) is 5.57 Å². The zero-order valence-corrected chi connectivity index (χ0v) is 19.8. The van der Waals surface area contributed by atoms with Crippen molar-refractivity contribution in [3.8, 4) is 0 Å². The Morgan fingerprint density at radius 3 is 2.49 bits per heavy atom. The summed E-state index contributed by atoms with van der Waals surface area (Å²) in [6.07, 6.45) is 14.5. The lowest BCUT2D eigenvalue weighted by Crippen LogP contribution is -2.19. The fourth-order valence-electron chi connectivity index (χ4n) is 5.13. The number of hydrogen-bond donors (Lipinski definition) is 2. The van der Waals surface area contributed by atoms with E-state index in [1.54, 1.807) is 6.20 Å². The summed E-state index contributed by atoms with van der Waals surface area (Å²) in [7, 11) is 0. The van der Waals surface area contributed by atoms with Crippen LogP contribution in [0.3, 0.4) is 0 Å². The molecular formula is C31H31NO3. The molecule has 0 radical (unpaired) electrons. The first-order valence-electron chi connectivity index (χ1n) is 12.5. The highest BCUT2D eigenvalue weighted by Gasteiger charge is 2.51. The quantitative estimate of drug-likeness (QED) is 0.385. The Hall–Kier alpha value is -3.50. The molecule has 4 nitrogen and oxygen atoms in total. The van der Waals surface area contributed by atoms with E-state index < -0.39 is 17.5 Å². The summed E-state index contributed by atoms with van der Waals surface area (Å²) in [6.45, 7) is 0. The molecule has 0 spiro atoms. The molecule has 3 aromatic rings. The van der Waals surface area contributed by atoms with Crippen LogP contribution < -0.4 is 0 Å². The molecule has 2 unspecified atom stereocenters. The fraction of sp³-hybridized carbons (Fsp3) is 0.290. The number of aryl methyl sites for hydroxylation is 1. The summed E-state index contributed by atoms with van der Waals surface area (Å²) in [5.41, 5.74) is 5.82. The molecule has 1 heterocycles. The van der Waals surface area contributed by atoms with Gasteiger partial charge >= 0.3 is 5.97 Å². The van der Waals surface area contributed by atoms with Gasteiger partial charge in [-0.15, -0.1) is 0 Å². The molecule has 0 bridgehead atoms. The van der Waals surface area contributed by atoms with Gasteiger partial charge in [0.15, 0.2) is 0 Å². The van der Waals surface area contributed by atoms with E-state index in [0.29, 0.717) is 6.42 Å². The second kappa shape index (κ2) is 10.0. The number of aliphatic hydroxyl groups is 1. The van der Waals surface area contributed by atoms with Gasteiger partial charge in [-0.1, -0.05) is 72.8 Å². The van der Waals surface area contributed by atoms with Crippen LogP contribution in [0.5, 0.6) is 0 Å². The number of carboxylic acids is 1. The SMILES string of the molecule is O=C(O)C1(c2ccc(C3=CCC(c4ccncc4C(O)CCCc4ccccc4)C=C3)cc2)CC1. The van der Waals surface area contributed by atoms with E-state index in [0.717, 1.165) is 59.9 Å². The highest BCUT2D eigenvalue weighted by molar-refractivity contribution is 5.85. The van der Waals surface area contributed by atoms with Gasteiger partial charge in [0.1, 0.15) is 0 Å². The van der Waals surface area contributed by atoms with E-state index in [1.165, 1.54) is 5.56 Å². The Bertz CT molecular complexity index is 1240. The lowest BCUT2D eigenvalue weighted by atomic mass is 9.84. The summed E-state index contributed by atoms with van der Waals surface area (Å²) < 4.78 is 0. The van der Waals surface area contributed by atoms with Crippen LogP contribution in [0.4, 0.5) is 0 Å². The minimum absolute atomic E-state index is 0.196. The molecule has 35 heavy (non-hydrogen) atoms. The molecule has 2 atom stereocenters. The fourth-order valence-corrected chi connectivity index (χ4v) is 5.13. The molecular weight excluding hydrogens is 434 g/mol. The van der Waals surface area contributed by atoms with Gasteiger partial charge in [0.2, 0.25) is 0 Å². The number of allylic oxidation sites excluding steroid dienone is 4. The topological polar surface area (TPSA) is 70.4 Å². The molecule has 2 N–H and O–H groups in total. The molecule has 178 valence electrons. The largest absolute Gasteiger partial charge is 0.481 e. The van der Waals surface area contributed by atoms with E-state index in [-0.39, 0.29) is 5.92 Å². The summed E-state index contributed by atoms with van der Waals surface area (Å²) in [6, 6.07) is 20.4. The lowest BCUT2D eigenvalue weighted by molar-refractivity contribution is -0.140. The molecule has 0 aliphatic heterocycles. The number of hydrogen-bond acceptors (Lipinski definition) is 3. The Kier molecular flexibility index (Phi) is 6.65. The number of rotatable bonds is 9. The summed E-state index contributed by atoms with van der Waals surface area (Å²) in [4.78, 5) is 15.9. The van der Waals surface area contributed by atoms with Crippen molar-refractivity contribution < 1.29 is 15.0 Å². The first kappa shape index (κ1) is 23.3. The average Bonchev–Trinajstić information content (AvgIpc) is 3.72. The Balaban J connectivity index is 1.23. The maximum Gasteiger partial charge on any atom is 0.314 e. The molecule has 2 aliphatic carbocycles. The van der Waals surface area contributed by atoms with Crippen LogP contribution in [0.15, 0.2) is 91.3 Å². The van der Waals surface area contributed by atoms with Crippen LogP contribution in [0.1, 0.15) is 71.9 Å². The zero-order chi connectivity index (χ0) is 24.3.